The van der Waals surface area contributed by atoms with Crippen molar-refractivity contribution in [3.05, 3.63) is 41.6 Å². The molecule has 5 nitrogen and oxygen atoms in total. The van der Waals surface area contributed by atoms with Crippen molar-refractivity contribution in [3.8, 4) is 5.69 Å². The van der Waals surface area contributed by atoms with Crippen LogP contribution in [0.1, 0.15) is 0 Å². The van der Waals surface area contributed by atoms with E-state index < -0.39 is 10.0 Å². The maximum Gasteiger partial charge on any atom is 0.257 e. The second kappa shape index (κ2) is 4.48. The number of benzene rings is 1. The summed E-state index contributed by atoms with van der Waals surface area (Å²) in [4.78, 5) is 0. The zero-order valence-corrected chi connectivity index (χ0v) is 10.5. The van der Waals surface area contributed by atoms with Gasteiger partial charge in [-0.05, 0) is 37.4 Å². The highest BCUT2D eigenvalue weighted by Gasteiger charge is 2.17. The molecule has 2 rings (SSSR count). The molecule has 0 fully saturated rings. The van der Waals surface area contributed by atoms with Crippen molar-refractivity contribution in [1.82, 2.24) is 14.5 Å². The van der Waals surface area contributed by atoms with E-state index in [4.69, 9.17) is 11.6 Å². The third-order valence-corrected chi connectivity index (χ3v) is 3.87. The van der Waals surface area contributed by atoms with Crippen LogP contribution >= 0.6 is 11.6 Å². The standard InChI is InChI=1S/C10H10ClN3O2S/c1-12-17(15,16)10-6-7-13-14(10)9-4-2-8(11)3-5-9/h2-7,12H,1H3. The Morgan fingerprint density at radius 2 is 1.88 bits per heavy atom. The number of rotatable bonds is 3. The molecule has 0 unspecified atom stereocenters. The first-order valence-corrected chi connectivity index (χ1v) is 6.64. The minimum Gasteiger partial charge on any atom is -0.221 e. The van der Waals surface area contributed by atoms with Crippen LogP contribution in [0, 0.1) is 0 Å². The van der Waals surface area contributed by atoms with Crippen molar-refractivity contribution >= 4 is 21.6 Å². The minimum atomic E-state index is -3.53. The Bertz CT molecular complexity index is 619. The molecule has 0 saturated heterocycles. The molecule has 2 aromatic rings. The molecule has 0 bridgehead atoms. The van der Waals surface area contributed by atoms with Crippen LogP contribution in [0.4, 0.5) is 0 Å². The average Bonchev–Trinajstić information content (AvgIpc) is 2.80. The molecule has 90 valence electrons. The van der Waals surface area contributed by atoms with Crippen LogP contribution in [0.3, 0.4) is 0 Å². The van der Waals surface area contributed by atoms with E-state index in [0.717, 1.165) is 0 Å². The van der Waals surface area contributed by atoms with Crippen LogP contribution in [-0.2, 0) is 10.0 Å². The van der Waals surface area contributed by atoms with Gasteiger partial charge in [0.2, 0.25) is 0 Å². The largest absolute Gasteiger partial charge is 0.257 e. The fraction of sp³-hybridized carbons (Fsp3) is 0.100. The van der Waals surface area contributed by atoms with Crippen molar-refractivity contribution in [1.29, 1.82) is 0 Å². The van der Waals surface area contributed by atoms with Crippen molar-refractivity contribution in [2.45, 2.75) is 5.03 Å². The van der Waals surface area contributed by atoms with E-state index in [0.29, 0.717) is 10.7 Å². The summed E-state index contributed by atoms with van der Waals surface area (Å²) in [6.45, 7) is 0. The van der Waals surface area contributed by atoms with Crippen LogP contribution < -0.4 is 4.72 Å². The van der Waals surface area contributed by atoms with Gasteiger partial charge in [0.1, 0.15) is 0 Å². The van der Waals surface area contributed by atoms with Gasteiger partial charge in [-0.1, -0.05) is 11.6 Å². The van der Waals surface area contributed by atoms with E-state index in [9.17, 15) is 8.42 Å². The molecule has 0 spiro atoms. The summed E-state index contributed by atoms with van der Waals surface area (Å²) in [6.07, 6.45) is 1.43. The molecule has 0 aliphatic rings. The molecule has 1 N–H and O–H groups in total. The SMILES string of the molecule is CNS(=O)(=O)c1ccnn1-c1ccc(Cl)cc1. The van der Waals surface area contributed by atoms with Gasteiger partial charge in [-0.2, -0.15) is 5.10 Å². The third kappa shape index (κ3) is 2.33. The van der Waals surface area contributed by atoms with Crippen LogP contribution in [-0.4, -0.2) is 25.2 Å². The Morgan fingerprint density at radius 1 is 1.24 bits per heavy atom. The Labute approximate surface area is 104 Å². The highest BCUT2D eigenvalue weighted by atomic mass is 35.5. The summed E-state index contributed by atoms with van der Waals surface area (Å²) >= 11 is 5.77. The molecule has 1 aromatic carbocycles. The van der Waals surface area contributed by atoms with E-state index in [-0.39, 0.29) is 5.03 Å². The van der Waals surface area contributed by atoms with Crippen molar-refractivity contribution < 1.29 is 8.42 Å². The molecule has 0 radical (unpaired) electrons. The first-order chi connectivity index (χ1) is 8.04. The molecule has 0 atom stereocenters. The van der Waals surface area contributed by atoms with Crippen molar-refractivity contribution in [3.63, 3.8) is 0 Å². The fourth-order valence-electron chi connectivity index (χ4n) is 1.38. The number of nitrogens with zero attached hydrogens (tertiary/aromatic N) is 2. The zero-order chi connectivity index (χ0) is 12.5. The van der Waals surface area contributed by atoms with Crippen LogP contribution in [0.2, 0.25) is 5.02 Å². The van der Waals surface area contributed by atoms with Gasteiger partial charge >= 0.3 is 0 Å². The number of halogens is 1. The number of hydrogen-bond donors (Lipinski definition) is 1. The second-order valence-electron chi connectivity index (χ2n) is 3.27. The lowest BCUT2D eigenvalue weighted by Gasteiger charge is -2.07. The van der Waals surface area contributed by atoms with Gasteiger partial charge in [0.15, 0.2) is 5.03 Å². The molecule has 7 heteroatoms. The lowest BCUT2D eigenvalue weighted by molar-refractivity contribution is 0.578. The normalized spacial score (nSPS) is 11.6. The molecule has 17 heavy (non-hydrogen) atoms. The molecule has 0 aliphatic heterocycles. The monoisotopic (exact) mass is 271 g/mol. The van der Waals surface area contributed by atoms with Gasteiger partial charge in [-0.15, -0.1) is 0 Å². The van der Waals surface area contributed by atoms with Crippen LogP contribution in [0.5, 0.6) is 0 Å². The van der Waals surface area contributed by atoms with Gasteiger partial charge < -0.3 is 0 Å². The van der Waals surface area contributed by atoms with Crippen LogP contribution in [0.15, 0.2) is 41.6 Å². The summed E-state index contributed by atoms with van der Waals surface area (Å²) < 4.78 is 27.0. The highest BCUT2D eigenvalue weighted by molar-refractivity contribution is 7.89. The van der Waals surface area contributed by atoms with Gasteiger partial charge in [0.05, 0.1) is 11.9 Å². The summed E-state index contributed by atoms with van der Waals surface area (Å²) in [5.74, 6) is 0. The molecule has 1 aromatic heterocycles. The number of aromatic nitrogens is 2. The maximum absolute atomic E-state index is 11.7. The minimum absolute atomic E-state index is 0.0855. The quantitative estimate of drug-likeness (QED) is 0.919. The number of hydrogen-bond acceptors (Lipinski definition) is 3. The molecule has 0 amide bonds. The van der Waals surface area contributed by atoms with Crippen LogP contribution in [0.25, 0.3) is 5.69 Å². The lowest BCUT2D eigenvalue weighted by atomic mass is 10.3. The highest BCUT2D eigenvalue weighted by Crippen LogP contribution is 2.17. The summed E-state index contributed by atoms with van der Waals surface area (Å²) in [7, 11) is -2.17. The molecular formula is C10H10ClN3O2S. The van der Waals surface area contributed by atoms with Gasteiger partial charge in [-0.3, -0.25) is 0 Å². The number of sulfonamides is 1. The second-order valence-corrected chi connectivity index (χ2v) is 5.54. The Kier molecular flexibility index (Phi) is 3.19. The Balaban J connectivity index is 2.55. The fourth-order valence-corrected chi connectivity index (χ4v) is 2.33. The Morgan fingerprint density at radius 3 is 2.47 bits per heavy atom. The van der Waals surface area contributed by atoms with E-state index in [2.05, 4.69) is 9.82 Å². The van der Waals surface area contributed by atoms with E-state index in [1.54, 1.807) is 24.3 Å². The first-order valence-electron chi connectivity index (χ1n) is 4.78. The Hall–Kier alpha value is -1.37. The zero-order valence-electron chi connectivity index (χ0n) is 8.96. The average molecular weight is 272 g/mol. The smallest absolute Gasteiger partial charge is 0.221 e. The van der Waals surface area contributed by atoms with E-state index >= 15 is 0 Å². The predicted octanol–water partition coefficient (Wildman–Crippen LogP) is 1.43. The first kappa shape index (κ1) is 12.1. The van der Waals surface area contributed by atoms with Crippen molar-refractivity contribution in [2.24, 2.45) is 0 Å². The van der Waals surface area contributed by atoms with Gasteiger partial charge in [-0.25, -0.2) is 17.8 Å². The topological polar surface area (TPSA) is 64.0 Å². The molecule has 0 saturated carbocycles. The molecule has 1 heterocycles. The summed E-state index contributed by atoms with van der Waals surface area (Å²) in [5, 5.41) is 4.65. The molecule has 0 aliphatic carbocycles. The summed E-state index contributed by atoms with van der Waals surface area (Å²) in [5.41, 5.74) is 0.633. The van der Waals surface area contributed by atoms with E-state index in [1.165, 1.54) is 24.0 Å². The maximum atomic E-state index is 11.7. The third-order valence-electron chi connectivity index (χ3n) is 2.22. The predicted molar refractivity (Wildman–Crippen MR) is 64.8 cm³/mol. The number of nitrogens with one attached hydrogen (secondary N) is 1. The van der Waals surface area contributed by atoms with Gasteiger partial charge in [0, 0.05) is 5.02 Å². The molecular weight excluding hydrogens is 262 g/mol. The van der Waals surface area contributed by atoms with Crippen molar-refractivity contribution in [2.75, 3.05) is 7.05 Å². The van der Waals surface area contributed by atoms with Gasteiger partial charge in [0.25, 0.3) is 10.0 Å². The lowest BCUT2D eigenvalue weighted by Crippen LogP contribution is -2.21. The van der Waals surface area contributed by atoms with E-state index in [1.807, 2.05) is 0 Å². The summed E-state index contributed by atoms with van der Waals surface area (Å²) in [6, 6.07) is 8.18.